The summed E-state index contributed by atoms with van der Waals surface area (Å²) in [5, 5.41) is 7.56. The van der Waals surface area contributed by atoms with E-state index in [9.17, 15) is 21.6 Å². The Hall–Kier alpha value is -0.970. The molecule has 7 nitrogen and oxygen atoms in total. The van der Waals surface area contributed by atoms with Crippen LogP contribution in [0.1, 0.15) is 21.0 Å². The Kier molecular flexibility index (Phi) is 5.30. The molecule has 0 fully saturated rings. The molecule has 0 aliphatic heterocycles. The molecule has 0 aromatic carbocycles. The Bertz CT molecular complexity index is 703. The number of amides is 1. The third-order valence-electron chi connectivity index (χ3n) is 2.38. The maximum absolute atomic E-state index is 11.8. The maximum atomic E-state index is 11.8. The lowest BCUT2D eigenvalue weighted by Gasteiger charge is -2.02. The monoisotopic (exact) mass is 340 g/mol. The topological polar surface area (TPSA) is 123 Å². The van der Waals surface area contributed by atoms with Crippen LogP contribution in [0.4, 0.5) is 0 Å². The Balaban J connectivity index is 2.66. The zero-order valence-electron chi connectivity index (χ0n) is 11.0. The third-order valence-corrected chi connectivity index (χ3v) is 5.63. The highest BCUT2D eigenvalue weighted by atomic mass is 32.2. The number of rotatable bonds is 6. The molecule has 1 aromatic rings. The van der Waals surface area contributed by atoms with Crippen molar-refractivity contribution in [1.82, 2.24) is 5.32 Å². The fraction of sp³-hybridized carbons (Fsp3) is 0.500. The normalized spacial score (nSPS) is 12.3. The first-order valence-electron chi connectivity index (χ1n) is 5.60. The van der Waals surface area contributed by atoms with Gasteiger partial charge in [-0.1, -0.05) is 0 Å². The minimum absolute atomic E-state index is 0.0147. The van der Waals surface area contributed by atoms with Crippen LogP contribution in [-0.4, -0.2) is 41.3 Å². The van der Waals surface area contributed by atoms with E-state index in [1.807, 2.05) is 0 Å². The lowest BCUT2D eigenvalue weighted by molar-refractivity contribution is 0.0957. The highest BCUT2D eigenvalue weighted by Gasteiger charge is 2.18. The molecule has 0 aliphatic carbocycles. The quantitative estimate of drug-likeness (QED) is 0.698. The second-order valence-electron chi connectivity index (χ2n) is 4.32. The van der Waals surface area contributed by atoms with Gasteiger partial charge in [0.05, 0.1) is 15.5 Å². The Morgan fingerprint density at radius 3 is 2.40 bits per heavy atom. The van der Waals surface area contributed by atoms with E-state index in [1.54, 1.807) is 6.92 Å². The van der Waals surface area contributed by atoms with Gasteiger partial charge in [-0.25, -0.2) is 22.0 Å². The summed E-state index contributed by atoms with van der Waals surface area (Å²) in [6.07, 6.45) is 1.42. The fourth-order valence-electron chi connectivity index (χ4n) is 1.48. The molecule has 0 saturated heterocycles. The largest absolute Gasteiger partial charge is 0.351 e. The molecule has 0 aliphatic rings. The average molecular weight is 340 g/mol. The summed E-state index contributed by atoms with van der Waals surface area (Å²) in [7, 11) is -6.89. The fourth-order valence-corrected chi connectivity index (χ4v) is 4.21. The number of hydrogen-bond acceptors (Lipinski definition) is 6. The van der Waals surface area contributed by atoms with Gasteiger partial charge in [-0.05, 0) is 19.4 Å². The lowest BCUT2D eigenvalue weighted by atomic mass is 10.4. The molecule has 10 heteroatoms. The second kappa shape index (κ2) is 6.20. The predicted molar refractivity (Wildman–Crippen MR) is 77.1 cm³/mol. The Morgan fingerprint density at radius 2 is 1.95 bits per heavy atom. The number of carbonyl (C=O) groups excluding carboxylic acids is 1. The molecule has 0 unspecified atom stereocenters. The number of hydrogen-bond donors (Lipinski definition) is 2. The molecule has 0 saturated carbocycles. The van der Waals surface area contributed by atoms with Gasteiger partial charge in [0.2, 0.25) is 10.0 Å². The number of nitrogens with two attached hydrogens (primary N) is 1. The molecule has 0 spiro atoms. The molecule has 20 heavy (non-hydrogen) atoms. The standard InChI is InChI=1S/C10H16N2O5S3/c1-7-9(20(11,16)17)6-8(18-7)10(13)12-4-3-5-19(2,14)15/h6H,3-5H2,1-2H3,(H,12,13)(H2,11,16,17). The molecule has 0 radical (unpaired) electrons. The summed E-state index contributed by atoms with van der Waals surface area (Å²) in [6, 6.07) is 1.22. The van der Waals surface area contributed by atoms with Crippen molar-refractivity contribution in [3.8, 4) is 0 Å². The van der Waals surface area contributed by atoms with Crippen LogP contribution in [0.25, 0.3) is 0 Å². The highest BCUT2D eigenvalue weighted by molar-refractivity contribution is 7.90. The Morgan fingerprint density at radius 1 is 1.35 bits per heavy atom. The van der Waals surface area contributed by atoms with Gasteiger partial charge < -0.3 is 5.32 Å². The first-order chi connectivity index (χ1) is 9.00. The summed E-state index contributed by atoms with van der Waals surface area (Å²) < 4.78 is 44.3. The SMILES string of the molecule is Cc1sc(C(=O)NCCCS(C)(=O)=O)cc1S(N)(=O)=O. The van der Waals surface area contributed by atoms with E-state index in [0.717, 1.165) is 17.6 Å². The molecule has 1 amide bonds. The number of nitrogens with one attached hydrogen (secondary N) is 1. The summed E-state index contributed by atoms with van der Waals surface area (Å²) in [6.45, 7) is 1.76. The molecule has 1 aromatic heterocycles. The van der Waals surface area contributed by atoms with Crippen molar-refractivity contribution in [1.29, 1.82) is 0 Å². The zero-order chi connectivity index (χ0) is 15.6. The summed E-state index contributed by atoms with van der Waals surface area (Å²) in [5.41, 5.74) is 0. The van der Waals surface area contributed by atoms with E-state index in [1.165, 1.54) is 6.07 Å². The van der Waals surface area contributed by atoms with Crippen LogP contribution in [0.15, 0.2) is 11.0 Å². The number of thiophene rings is 1. The van der Waals surface area contributed by atoms with Crippen molar-refractivity contribution in [3.05, 3.63) is 15.8 Å². The van der Waals surface area contributed by atoms with Crippen molar-refractivity contribution < 1.29 is 21.6 Å². The van der Waals surface area contributed by atoms with Gasteiger partial charge in [0.25, 0.3) is 5.91 Å². The van der Waals surface area contributed by atoms with Crippen LogP contribution < -0.4 is 10.5 Å². The smallest absolute Gasteiger partial charge is 0.261 e. The van der Waals surface area contributed by atoms with Gasteiger partial charge >= 0.3 is 0 Å². The number of sulfone groups is 1. The number of aryl methyl sites for hydroxylation is 1. The molecule has 0 atom stereocenters. The number of sulfonamides is 1. The van der Waals surface area contributed by atoms with Crippen LogP contribution in [0.3, 0.4) is 0 Å². The summed E-state index contributed by atoms with van der Waals surface area (Å²) >= 11 is 1.02. The van der Waals surface area contributed by atoms with Gasteiger partial charge in [0.1, 0.15) is 9.84 Å². The second-order valence-corrected chi connectivity index (χ2v) is 9.36. The number of carbonyl (C=O) groups is 1. The average Bonchev–Trinajstić information content (AvgIpc) is 2.65. The first-order valence-corrected chi connectivity index (χ1v) is 10.0. The van der Waals surface area contributed by atoms with E-state index in [2.05, 4.69) is 5.32 Å². The minimum Gasteiger partial charge on any atom is -0.351 e. The van der Waals surface area contributed by atoms with E-state index in [0.29, 0.717) is 11.3 Å². The molecule has 1 rings (SSSR count). The van der Waals surface area contributed by atoms with Crippen molar-refractivity contribution >= 4 is 37.1 Å². The summed E-state index contributed by atoms with van der Waals surface area (Å²) in [4.78, 5) is 12.4. The van der Waals surface area contributed by atoms with Crippen LogP contribution in [0, 0.1) is 6.92 Å². The minimum atomic E-state index is -3.84. The molecule has 3 N–H and O–H groups in total. The lowest BCUT2D eigenvalue weighted by Crippen LogP contribution is -2.25. The Labute approximate surface area is 122 Å². The van der Waals surface area contributed by atoms with Crippen molar-refractivity contribution in [2.45, 2.75) is 18.2 Å². The van der Waals surface area contributed by atoms with Crippen molar-refractivity contribution in [2.75, 3.05) is 18.6 Å². The van der Waals surface area contributed by atoms with E-state index < -0.39 is 25.8 Å². The number of primary sulfonamides is 1. The predicted octanol–water partition coefficient (Wildman–Crippen LogP) is -0.132. The first kappa shape index (κ1) is 17.1. The van der Waals surface area contributed by atoms with Gasteiger partial charge in [-0.2, -0.15) is 0 Å². The van der Waals surface area contributed by atoms with Gasteiger partial charge in [0.15, 0.2) is 0 Å². The summed E-state index contributed by atoms with van der Waals surface area (Å²) in [5.74, 6) is -0.458. The van der Waals surface area contributed by atoms with E-state index in [4.69, 9.17) is 5.14 Å². The van der Waals surface area contributed by atoms with Crippen LogP contribution in [0.5, 0.6) is 0 Å². The van der Waals surface area contributed by atoms with Gasteiger partial charge in [0, 0.05) is 17.7 Å². The van der Waals surface area contributed by atoms with Crippen molar-refractivity contribution in [2.24, 2.45) is 5.14 Å². The van der Waals surface area contributed by atoms with Crippen LogP contribution in [0.2, 0.25) is 0 Å². The van der Waals surface area contributed by atoms with Gasteiger partial charge in [-0.15, -0.1) is 11.3 Å². The third kappa shape index (κ3) is 5.19. The van der Waals surface area contributed by atoms with Crippen LogP contribution >= 0.6 is 11.3 Å². The van der Waals surface area contributed by atoms with E-state index >= 15 is 0 Å². The zero-order valence-corrected chi connectivity index (χ0v) is 13.5. The molecule has 114 valence electrons. The highest BCUT2D eigenvalue weighted by Crippen LogP contribution is 2.24. The molecule has 0 bridgehead atoms. The molecular weight excluding hydrogens is 324 g/mol. The van der Waals surface area contributed by atoms with E-state index in [-0.39, 0.29) is 22.1 Å². The van der Waals surface area contributed by atoms with Crippen molar-refractivity contribution in [3.63, 3.8) is 0 Å². The molecule has 1 heterocycles. The molecular formula is C10H16N2O5S3. The maximum Gasteiger partial charge on any atom is 0.261 e. The van der Waals surface area contributed by atoms with Gasteiger partial charge in [-0.3, -0.25) is 4.79 Å². The van der Waals surface area contributed by atoms with Crippen LogP contribution in [-0.2, 0) is 19.9 Å².